The van der Waals surface area contributed by atoms with Gasteiger partial charge >= 0.3 is 5.82 Å². The molecule has 0 fully saturated rings. The molecule has 0 saturated heterocycles. The number of amides is 1. The number of nitrogens with one attached hydrogen (secondary N) is 1. The van der Waals surface area contributed by atoms with Gasteiger partial charge in [-0.05, 0) is 0 Å². The fraction of sp³-hybridized carbons (Fsp3) is 0.182. The molecular formula is C11H13FN5O4+. The Kier molecular flexibility index (Phi) is 3.63. The molecular weight excluding hydrogens is 285 g/mol. The number of fused-ring (bicyclic) bond motifs is 1. The lowest BCUT2D eigenvalue weighted by Gasteiger charge is -2.10. The molecule has 1 aromatic carbocycles. The summed E-state index contributed by atoms with van der Waals surface area (Å²) in [5.41, 5.74) is 9.31. The van der Waals surface area contributed by atoms with Crippen molar-refractivity contribution in [1.82, 2.24) is 4.73 Å². The van der Waals surface area contributed by atoms with E-state index in [1.807, 2.05) is 0 Å². The molecule has 0 saturated carbocycles. The van der Waals surface area contributed by atoms with Crippen molar-refractivity contribution in [3.8, 4) is 0 Å². The molecule has 0 aliphatic rings. The van der Waals surface area contributed by atoms with E-state index in [-0.39, 0.29) is 39.0 Å². The molecule has 0 bridgehead atoms. The van der Waals surface area contributed by atoms with Gasteiger partial charge in [0, 0.05) is 23.1 Å². The number of hydrogen-bond acceptors (Lipinski definition) is 6. The molecule has 0 spiro atoms. The normalized spacial score (nSPS) is 10.8. The first-order chi connectivity index (χ1) is 9.88. The van der Waals surface area contributed by atoms with Crippen molar-refractivity contribution in [3.05, 3.63) is 28.6 Å². The highest BCUT2D eigenvalue weighted by Crippen LogP contribution is 2.22. The predicted octanol–water partition coefficient (Wildman–Crippen LogP) is -0.982. The second-order valence-corrected chi connectivity index (χ2v) is 4.18. The van der Waals surface area contributed by atoms with E-state index in [9.17, 15) is 19.3 Å². The molecule has 2 aromatic rings. The molecule has 0 unspecified atom stereocenters. The number of carbonyl (C=O) groups is 1. The fourth-order valence-electron chi connectivity index (χ4n) is 1.90. The number of aliphatic hydroxyl groups is 1. The van der Waals surface area contributed by atoms with Gasteiger partial charge in [0.25, 0.3) is 5.91 Å². The average molecular weight is 298 g/mol. The van der Waals surface area contributed by atoms with Crippen molar-refractivity contribution >= 4 is 28.4 Å². The van der Waals surface area contributed by atoms with Crippen LogP contribution in [0.25, 0.3) is 11.0 Å². The first kappa shape index (κ1) is 14.5. The molecule has 1 aromatic heterocycles. The Labute approximate surface area is 116 Å². The third kappa shape index (κ3) is 2.31. The Balaban J connectivity index is 2.81. The van der Waals surface area contributed by atoms with Gasteiger partial charge in [0.1, 0.15) is 11.3 Å². The van der Waals surface area contributed by atoms with Crippen molar-refractivity contribution < 1.29 is 23.9 Å². The van der Waals surface area contributed by atoms with E-state index in [2.05, 4.69) is 5.32 Å². The summed E-state index contributed by atoms with van der Waals surface area (Å²) in [4.78, 5) is 23.2. The first-order valence-corrected chi connectivity index (χ1v) is 5.82. The standard InChI is InChI=1S/C11H12FN5O4/c12-5-3-7-8(4-6(5)15-1-2-18)17(21)10(13)9(11(14)19)16(7)20/h3-4,15,18,20H,1-2H2,(H3-,13,14,19)/p+1. The summed E-state index contributed by atoms with van der Waals surface area (Å²) in [6, 6.07) is 1.94. The number of nitrogens with two attached hydrogens (primary N) is 2. The minimum absolute atomic E-state index is 0.0626. The maximum absolute atomic E-state index is 13.9. The van der Waals surface area contributed by atoms with E-state index in [1.54, 1.807) is 0 Å². The lowest BCUT2D eigenvalue weighted by molar-refractivity contribution is -0.448. The summed E-state index contributed by atoms with van der Waals surface area (Å²) in [6.07, 6.45) is 0. The van der Waals surface area contributed by atoms with Crippen molar-refractivity contribution in [3.63, 3.8) is 0 Å². The molecule has 10 heteroatoms. The molecule has 9 nitrogen and oxygen atoms in total. The first-order valence-electron chi connectivity index (χ1n) is 5.82. The number of nitrogen functional groups attached to an aromatic ring is 1. The topological polar surface area (TPSA) is 150 Å². The summed E-state index contributed by atoms with van der Waals surface area (Å²) in [7, 11) is 0. The second-order valence-electron chi connectivity index (χ2n) is 4.18. The fourth-order valence-corrected chi connectivity index (χ4v) is 1.90. The van der Waals surface area contributed by atoms with Crippen LogP contribution in [0.4, 0.5) is 15.9 Å². The summed E-state index contributed by atoms with van der Waals surface area (Å²) in [6.45, 7) is -0.174. The molecule has 2 rings (SSSR count). The Hall–Kier alpha value is -2.88. The zero-order valence-corrected chi connectivity index (χ0v) is 10.7. The molecule has 0 aliphatic heterocycles. The van der Waals surface area contributed by atoms with Crippen LogP contribution in [0.5, 0.6) is 0 Å². The number of hydrogen-bond donors (Lipinski definition) is 5. The monoisotopic (exact) mass is 298 g/mol. The third-order valence-corrected chi connectivity index (χ3v) is 2.85. The van der Waals surface area contributed by atoms with Crippen molar-refractivity contribution in [2.45, 2.75) is 0 Å². The largest absolute Gasteiger partial charge is 0.427 e. The van der Waals surface area contributed by atoms with Gasteiger partial charge in [-0.2, -0.15) is 4.73 Å². The van der Waals surface area contributed by atoms with Crippen LogP contribution in [0, 0.1) is 10.7 Å². The van der Waals surface area contributed by atoms with Crippen LogP contribution in [-0.4, -0.2) is 34.1 Å². The van der Waals surface area contributed by atoms with Crippen LogP contribution < -0.4 is 21.2 Å². The number of benzene rings is 1. The quantitative estimate of drug-likeness (QED) is 0.361. The minimum atomic E-state index is -1.13. The van der Waals surface area contributed by atoms with Crippen molar-refractivity contribution in [1.29, 1.82) is 0 Å². The van der Waals surface area contributed by atoms with Crippen LogP contribution in [0.3, 0.4) is 0 Å². The van der Waals surface area contributed by atoms with Gasteiger partial charge in [-0.1, -0.05) is 4.91 Å². The Morgan fingerprint density at radius 1 is 1.48 bits per heavy atom. The summed E-state index contributed by atoms with van der Waals surface area (Å²) in [5, 5.41) is 21.1. The number of carbonyl (C=O) groups excluding carboxylic acids is 1. The molecule has 0 atom stereocenters. The SMILES string of the molecule is NC(=O)c1c(N)[n+](=O)c2cc(NCCO)c(F)cc2n1O. The van der Waals surface area contributed by atoms with E-state index in [0.29, 0.717) is 0 Å². The molecule has 112 valence electrons. The van der Waals surface area contributed by atoms with E-state index in [0.717, 1.165) is 12.1 Å². The van der Waals surface area contributed by atoms with E-state index < -0.39 is 23.2 Å². The Morgan fingerprint density at radius 3 is 2.71 bits per heavy atom. The highest BCUT2D eigenvalue weighted by Gasteiger charge is 2.25. The maximum atomic E-state index is 13.9. The number of halogens is 1. The molecule has 0 radical (unpaired) electrons. The van der Waals surface area contributed by atoms with Gasteiger partial charge in [0.15, 0.2) is 0 Å². The van der Waals surface area contributed by atoms with Crippen molar-refractivity contribution in [2.24, 2.45) is 5.73 Å². The Morgan fingerprint density at radius 2 is 2.14 bits per heavy atom. The Bertz CT molecular complexity index is 789. The lowest BCUT2D eigenvalue weighted by Crippen LogP contribution is -2.31. The number of nitrogens with zero attached hydrogens (tertiary/aromatic N) is 2. The van der Waals surface area contributed by atoms with Gasteiger partial charge in [-0.25, -0.2) is 4.39 Å². The number of aromatic nitrogens is 2. The summed E-state index contributed by atoms with van der Waals surface area (Å²) >= 11 is 0. The van der Waals surface area contributed by atoms with Crippen LogP contribution in [0.2, 0.25) is 0 Å². The molecule has 1 heterocycles. The molecule has 21 heavy (non-hydrogen) atoms. The zero-order chi connectivity index (χ0) is 15.7. The summed E-state index contributed by atoms with van der Waals surface area (Å²) in [5.74, 6) is -2.54. The van der Waals surface area contributed by atoms with Crippen LogP contribution in [-0.2, 0) is 0 Å². The van der Waals surface area contributed by atoms with Crippen LogP contribution in [0.15, 0.2) is 12.1 Å². The third-order valence-electron chi connectivity index (χ3n) is 2.85. The van der Waals surface area contributed by atoms with E-state index >= 15 is 0 Å². The van der Waals surface area contributed by atoms with Gasteiger partial charge in [0.05, 0.1) is 12.3 Å². The predicted molar refractivity (Wildman–Crippen MR) is 71.0 cm³/mol. The molecule has 1 amide bonds. The maximum Gasteiger partial charge on any atom is 0.351 e. The average Bonchev–Trinajstić information content (AvgIpc) is 2.43. The van der Waals surface area contributed by atoms with Gasteiger partial charge in [0.2, 0.25) is 11.2 Å². The zero-order valence-electron chi connectivity index (χ0n) is 10.7. The smallest absolute Gasteiger partial charge is 0.351 e. The van der Waals surface area contributed by atoms with Crippen molar-refractivity contribution in [2.75, 3.05) is 24.2 Å². The number of anilines is 2. The lowest BCUT2D eigenvalue weighted by atomic mass is 10.2. The minimum Gasteiger partial charge on any atom is -0.427 e. The second kappa shape index (κ2) is 5.25. The molecule has 7 N–H and O–H groups in total. The summed E-state index contributed by atoms with van der Waals surface area (Å²) < 4.78 is 14.3. The highest BCUT2D eigenvalue weighted by molar-refractivity contribution is 5.96. The number of rotatable bonds is 4. The van der Waals surface area contributed by atoms with E-state index in [4.69, 9.17) is 16.6 Å². The van der Waals surface area contributed by atoms with Crippen LogP contribution >= 0.6 is 0 Å². The van der Waals surface area contributed by atoms with Gasteiger partial charge in [-0.15, -0.1) is 0 Å². The number of aliphatic hydroxyl groups excluding tert-OH is 1. The van der Waals surface area contributed by atoms with Gasteiger partial charge < -0.3 is 21.4 Å². The van der Waals surface area contributed by atoms with Crippen LogP contribution in [0.1, 0.15) is 10.5 Å². The van der Waals surface area contributed by atoms with E-state index in [1.165, 1.54) is 0 Å². The molecule has 0 aliphatic carbocycles. The van der Waals surface area contributed by atoms with Gasteiger partial charge in [-0.3, -0.25) is 10.5 Å². The highest BCUT2D eigenvalue weighted by atomic mass is 19.1. The number of primary amides is 1.